The number of hydrogen-bond donors (Lipinski definition) is 0. The van der Waals surface area contributed by atoms with Crippen molar-refractivity contribution in [2.24, 2.45) is 0 Å². The highest BCUT2D eigenvalue weighted by atomic mass is 16.6. The van der Waals surface area contributed by atoms with E-state index in [4.69, 9.17) is 4.74 Å². The Kier molecular flexibility index (Phi) is 5.15. The van der Waals surface area contributed by atoms with E-state index >= 15 is 0 Å². The van der Waals surface area contributed by atoms with Gasteiger partial charge in [-0.2, -0.15) is 5.10 Å². The maximum absolute atomic E-state index is 11.7. The molecule has 0 aliphatic heterocycles. The SMILES string of the molecule is COCCn1nc(C(=O)OC)c([N+](=O)[O-])c1C(=O)OC. The molecule has 0 amide bonds. The van der Waals surface area contributed by atoms with E-state index in [1.54, 1.807) is 0 Å². The molecule has 0 saturated carbocycles. The van der Waals surface area contributed by atoms with Crippen LogP contribution in [0.1, 0.15) is 21.0 Å². The van der Waals surface area contributed by atoms with E-state index in [1.165, 1.54) is 7.11 Å². The van der Waals surface area contributed by atoms with Crippen LogP contribution in [0.3, 0.4) is 0 Å². The highest BCUT2D eigenvalue weighted by molar-refractivity contribution is 6.00. The zero-order valence-corrected chi connectivity index (χ0v) is 11.1. The monoisotopic (exact) mass is 287 g/mol. The van der Waals surface area contributed by atoms with Crippen molar-refractivity contribution in [3.8, 4) is 0 Å². The molecule has 0 saturated heterocycles. The summed E-state index contributed by atoms with van der Waals surface area (Å²) in [5.74, 6) is -1.99. The van der Waals surface area contributed by atoms with Crippen LogP contribution >= 0.6 is 0 Å². The number of methoxy groups -OCH3 is 3. The summed E-state index contributed by atoms with van der Waals surface area (Å²) < 4.78 is 14.7. The van der Waals surface area contributed by atoms with Gasteiger partial charge < -0.3 is 14.2 Å². The molecule has 0 spiro atoms. The van der Waals surface area contributed by atoms with Crippen molar-refractivity contribution < 1.29 is 28.7 Å². The largest absolute Gasteiger partial charge is 0.464 e. The summed E-state index contributed by atoms with van der Waals surface area (Å²) in [6, 6.07) is 0. The molecule has 10 nitrogen and oxygen atoms in total. The first-order valence-corrected chi connectivity index (χ1v) is 5.38. The van der Waals surface area contributed by atoms with Gasteiger partial charge in [0.25, 0.3) is 0 Å². The lowest BCUT2D eigenvalue weighted by Crippen LogP contribution is -2.15. The smallest absolute Gasteiger partial charge is 0.365 e. The van der Waals surface area contributed by atoms with Crippen LogP contribution in [0.25, 0.3) is 0 Å². The molecule has 1 heterocycles. The van der Waals surface area contributed by atoms with Gasteiger partial charge in [-0.25, -0.2) is 14.3 Å². The van der Waals surface area contributed by atoms with Crippen LogP contribution in [0.4, 0.5) is 5.69 Å². The van der Waals surface area contributed by atoms with Gasteiger partial charge in [0.2, 0.25) is 11.4 Å². The summed E-state index contributed by atoms with van der Waals surface area (Å²) in [5, 5.41) is 14.8. The molecular weight excluding hydrogens is 274 g/mol. The van der Waals surface area contributed by atoms with Crippen LogP contribution in [-0.4, -0.2) is 54.6 Å². The van der Waals surface area contributed by atoms with Crippen molar-refractivity contribution in [1.29, 1.82) is 0 Å². The molecule has 0 bridgehead atoms. The fraction of sp³-hybridized carbons (Fsp3) is 0.500. The molecule has 0 atom stereocenters. The Morgan fingerprint density at radius 2 is 1.85 bits per heavy atom. The Hall–Kier alpha value is -2.49. The molecule has 10 heteroatoms. The molecule has 0 radical (unpaired) electrons. The fourth-order valence-corrected chi connectivity index (χ4v) is 1.50. The third-order valence-corrected chi connectivity index (χ3v) is 2.37. The van der Waals surface area contributed by atoms with Gasteiger partial charge in [0, 0.05) is 7.11 Å². The standard InChI is InChI=1S/C10H13N3O7/c1-18-5-4-12-8(10(15)20-3)7(13(16)17)6(11-12)9(14)19-2/h4-5H2,1-3H3. The van der Waals surface area contributed by atoms with Crippen molar-refractivity contribution >= 4 is 17.6 Å². The van der Waals surface area contributed by atoms with Gasteiger partial charge in [-0.05, 0) is 0 Å². The molecule has 110 valence electrons. The number of carbonyl (C=O) groups is 2. The average molecular weight is 287 g/mol. The Labute approximate surface area is 113 Å². The van der Waals surface area contributed by atoms with Crippen LogP contribution < -0.4 is 0 Å². The van der Waals surface area contributed by atoms with Gasteiger partial charge in [0.1, 0.15) is 0 Å². The highest BCUT2D eigenvalue weighted by Gasteiger charge is 2.36. The van der Waals surface area contributed by atoms with Gasteiger partial charge in [-0.1, -0.05) is 0 Å². The van der Waals surface area contributed by atoms with Crippen molar-refractivity contribution in [3.63, 3.8) is 0 Å². The summed E-state index contributed by atoms with van der Waals surface area (Å²) in [6.07, 6.45) is 0. The van der Waals surface area contributed by atoms with Crippen molar-refractivity contribution in [1.82, 2.24) is 9.78 Å². The first-order chi connectivity index (χ1) is 9.47. The van der Waals surface area contributed by atoms with Gasteiger partial charge in [-0.3, -0.25) is 10.1 Å². The summed E-state index contributed by atoms with van der Waals surface area (Å²) >= 11 is 0. The van der Waals surface area contributed by atoms with E-state index in [0.29, 0.717) is 0 Å². The number of nitro groups is 1. The Morgan fingerprint density at radius 1 is 1.25 bits per heavy atom. The molecule has 0 N–H and O–H groups in total. The Morgan fingerprint density at radius 3 is 2.30 bits per heavy atom. The number of ether oxygens (including phenoxy) is 3. The molecule has 0 aliphatic rings. The zero-order chi connectivity index (χ0) is 15.3. The zero-order valence-electron chi connectivity index (χ0n) is 11.1. The van der Waals surface area contributed by atoms with E-state index in [-0.39, 0.29) is 13.2 Å². The van der Waals surface area contributed by atoms with Crippen LogP contribution in [0, 0.1) is 10.1 Å². The number of aromatic nitrogens is 2. The van der Waals surface area contributed by atoms with Crippen LogP contribution in [0.2, 0.25) is 0 Å². The lowest BCUT2D eigenvalue weighted by Gasteiger charge is -2.03. The van der Waals surface area contributed by atoms with Crippen molar-refractivity contribution in [3.05, 3.63) is 21.5 Å². The molecule has 20 heavy (non-hydrogen) atoms. The second-order valence-electron chi connectivity index (χ2n) is 3.50. The minimum absolute atomic E-state index is 0.0404. The lowest BCUT2D eigenvalue weighted by molar-refractivity contribution is -0.385. The van der Waals surface area contributed by atoms with Gasteiger partial charge in [0.05, 0.1) is 32.3 Å². The third-order valence-electron chi connectivity index (χ3n) is 2.37. The first kappa shape index (κ1) is 15.6. The summed E-state index contributed by atoms with van der Waals surface area (Å²) in [6.45, 7) is 0.183. The number of esters is 2. The lowest BCUT2D eigenvalue weighted by atomic mass is 10.3. The fourth-order valence-electron chi connectivity index (χ4n) is 1.50. The maximum atomic E-state index is 11.7. The number of hydrogen-bond acceptors (Lipinski definition) is 8. The minimum Gasteiger partial charge on any atom is -0.464 e. The number of rotatable bonds is 6. The molecule has 1 rings (SSSR count). The predicted molar refractivity (Wildman–Crippen MR) is 63.4 cm³/mol. The van der Waals surface area contributed by atoms with Crippen molar-refractivity contribution in [2.45, 2.75) is 6.54 Å². The van der Waals surface area contributed by atoms with Gasteiger partial charge in [-0.15, -0.1) is 0 Å². The maximum Gasteiger partial charge on any atom is 0.365 e. The summed E-state index contributed by atoms with van der Waals surface area (Å²) in [4.78, 5) is 33.4. The quantitative estimate of drug-likeness (QED) is 0.407. The van der Waals surface area contributed by atoms with Gasteiger partial charge >= 0.3 is 17.6 Å². The summed E-state index contributed by atoms with van der Waals surface area (Å²) in [7, 11) is 3.53. The minimum atomic E-state index is -1.02. The van der Waals surface area contributed by atoms with E-state index in [9.17, 15) is 19.7 Å². The highest BCUT2D eigenvalue weighted by Crippen LogP contribution is 2.25. The molecule has 0 unspecified atom stereocenters. The molecule has 1 aromatic rings. The second kappa shape index (κ2) is 6.61. The van der Waals surface area contributed by atoms with Crippen LogP contribution in [0.15, 0.2) is 0 Å². The van der Waals surface area contributed by atoms with E-state index in [2.05, 4.69) is 14.6 Å². The Balaban J connectivity index is 3.47. The van der Waals surface area contributed by atoms with Gasteiger partial charge in [0.15, 0.2) is 0 Å². The molecule has 0 fully saturated rings. The van der Waals surface area contributed by atoms with Crippen molar-refractivity contribution in [2.75, 3.05) is 27.9 Å². The topological polar surface area (TPSA) is 123 Å². The molecule has 0 aliphatic carbocycles. The van der Waals surface area contributed by atoms with E-state index in [1.807, 2.05) is 0 Å². The van der Waals surface area contributed by atoms with E-state index in [0.717, 1.165) is 18.9 Å². The van der Waals surface area contributed by atoms with Crippen LogP contribution in [-0.2, 0) is 20.8 Å². The number of nitrogens with zero attached hydrogens (tertiary/aromatic N) is 3. The Bertz CT molecular complexity index is 537. The second-order valence-corrected chi connectivity index (χ2v) is 3.50. The first-order valence-electron chi connectivity index (χ1n) is 5.38. The number of carbonyl (C=O) groups excluding carboxylic acids is 2. The molecule has 0 aromatic carbocycles. The molecule has 1 aromatic heterocycles. The third kappa shape index (κ3) is 2.91. The molecular formula is C10H13N3O7. The van der Waals surface area contributed by atoms with Crippen LogP contribution in [0.5, 0.6) is 0 Å². The summed E-state index contributed by atoms with van der Waals surface area (Å²) in [5.41, 5.74) is -1.75. The normalized spacial score (nSPS) is 10.2. The predicted octanol–water partition coefficient (Wildman–Crippen LogP) is 0.0109. The van der Waals surface area contributed by atoms with E-state index < -0.39 is 33.9 Å². The average Bonchev–Trinajstić information content (AvgIpc) is 2.82.